The van der Waals surface area contributed by atoms with Crippen molar-refractivity contribution < 1.29 is 9.52 Å². The Bertz CT molecular complexity index is 2960. The molecule has 3 nitrogen and oxygen atoms in total. The number of anilines is 3. The zero-order valence-electron chi connectivity index (χ0n) is 28.8. The lowest BCUT2D eigenvalue weighted by Crippen LogP contribution is -2.11. The molecule has 0 atom stereocenters. The minimum Gasteiger partial charge on any atom is -0.505 e. The maximum Gasteiger partial charge on any atom is 0.147 e. The average molecular weight is 680 g/mol. The molecule has 0 saturated carbocycles. The van der Waals surface area contributed by atoms with Gasteiger partial charge in [0.05, 0.1) is 5.69 Å². The van der Waals surface area contributed by atoms with Crippen LogP contribution in [0.2, 0.25) is 0 Å². The van der Waals surface area contributed by atoms with E-state index in [-0.39, 0.29) is 5.75 Å². The Labute approximate surface area is 307 Å². The smallest absolute Gasteiger partial charge is 0.147 e. The average Bonchev–Trinajstić information content (AvgIpc) is 3.61. The second-order valence-electron chi connectivity index (χ2n) is 13.5. The molecular formula is C50H33NO2. The van der Waals surface area contributed by atoms with E-state index in [4.69, 9.17) is 4.42 Å². The highest BCUT2D eigenvalue weighted by Gasteiger charge is 2.23. The number of phenols is 1. The van der Waals surface area contributed by atoms with E-state index >= 15 is 0 Å². The fourth-order valence-corrected chi connectivity index (χ4v) is 7.67. The van der Waals surface area contributed by atoms with E-state index in [1.807, 2.05) is 24.3 Å². The Morgan fingerprint density at radius 1 is 0.377 bits per heavy atom. The summed E-state index contributed by atoms with van der Waals surface area (Å²) in [4.78, 5) is 2.17. The zero-order valence-corrected chi connectivity index (χ0v) is 28.8. The second-order valence-corrected chi connectivity index (χ2v) is 13.5. The number of hydrogen-bond acceptors (Lipinski definition) is 3. The summed E-state index contributed by atoms with van der Waals surface area (Å²) in [5, 5.41) is 19.3. The van der Waals surface area contributed by atoms with Crippen LogP contribution in [0.5, 0.6) is 5.75 Å². The molecule has 0 aliphatic carbocycles. The number of fused-ring (bicyclic) bond motifs is 5. The Morgan fingerprint density at radius 3 is 1.77 bits per heavy atom. The van der Waals surface area contributed by atoms with Crippen molar-refractivity contribution in [3.63, 3.8) is 0 Å². The normalized spacial score (nSPS) is 11.5. The molecule has 10 aromatic rings. The van der Waals surface area contributed by atoms with Crippen LogP contribution in [-0.4, -0.2) is 5.11 Å². The molecule has 0 unspecified atom stereocenters. The van der Waals surface area contributed by atoms with Gasteiger partial charge in [0.15, 0.2) is 0 Å². The van der Waals surface area contributed by atoms with Gasteiger partial charge in [-0.2, -0.15) is 0 Å². The van der Waals surface area contributed by atoms with Gasteiger partial charge in [0, 0.05) is 33.3 Å². The Hall–Kier alpha value is -7.10. The minimum absolute atomic E-state index is 0.195. The van der Waals surface area contributed by atoms with Crippen LogP contribution in [0.25, 0.3) is 76.9 Å². The van der Waals surface area contributed by atoms with Gasteiger partial charge in [0.1, 0.15) is 16.9 Å². The number of furan rings is 1. The van der Waals surface area contributed by atoms with E-state index in [9.17, 15) is 5.11 Å². The largest absolute Gasteiger partial charge is 0.505 e. The quantitative estimate of drug-likeness (QED) is 0.190. The summed E-state index contributed by atoms with van der Waals surface area (Å²) in [5.41, 5.74) is 10.0. The summed E-state index contributed by atoms with van der Waals surface area (Å²) < 4.78 is 6.57. The van der Waals surface area contributed by atoms with Gasteiger partial charge >= 0.3 is 0 Å². The number of rotatable bonds is 6. The molecule has 53 heavy (non-hydrogen) atoms. The number of aromatic hydroxyl groups is 1. The van der Waals surface area contributed by atoms with E-state index in [2.05, 4.69) is 175 Å². The molecule has 10 rings (SSSR count). The van der Waals surface area contributed by atoms with Crippen molar-refractivity contribution in [1.29, 1.82) is 0 Å². The first-order valence-electron chi connectivity index (χ1n) is 17.9. The summed E-state index contributed by atoms with van der Waals surface area (Å²) in [5.74, 6) is 0.195. The first kappa shape index (κ1) is 30.7. The highest BCUT2D eigenvalue weighted by Crippen LogP contribution is 2.49. The molecule has 3 heteroatoms. The van der Waals surface area contributed by atoms with Crippen molar-refractivity contribution >= 4 is 60.5 Å². The third-order valence-corrected chi connectivity index (χ3v) is 10.3. The molecule has 9 aromatic carbocycles. The summed E-state index contributed by atoms with van der Waals surface area (Å²) in [7, 11) is 0. The molecule has 1 aromatic heterocycles. The van der Waals surface area contributed by atoms with Crippen LogP contribution in [0, 0.1) is 0 Å². The van der Waals surface area contributed by atoms with Crippen molar-refractivity contribution in [2.24, 2.45) is 0 Å². The minimum atomic E-state index is 0.195. The number of nitrogens with zero attached hydrogens (tertiary/aromatic N) is 1. The van der Waals surface area contributed by atoms with Crippen LogP contribution in [0.3, 0.4) is 0 Å². The Kier molecular flexibility index (Phi) is 7.29. The van der Waals surface area contributed by atoms with E-state index in [1.54, 1.807) is 0 Å². The molecule has 0 aliphatic heterocycles. The van der Waals surface area contributed by atoms with Crippen molar-refractivity contribution in [2.45, 2.75) is 0 Å². The van der Waals surface area contributed by atoms with Gasteiger partial charge in [-0.15, -0.1) is 0 Å². The predicted molar refractivity (Wildman–Crippen MR) is 221 cm³/mol. The van der Waals surface area contributed by atoms with Crippen LogP contribution in [0.4, 0.5) is 17.1 Å². The number of para-hydroxylation sites is 2. The van der Waals surface area contributed by atoms with Crippen molar-refractivity contribution in [3.05, 3.63) is 194 Å². The lowest BCUT2D eigenvalue weighted by molar-refractivity contribution is 0.478. The lowest BCUT2D eigenvalue weighted by Gasteiger charge is -2.28. The van der Waals surface area contributed by atoms with Crippen LogP contribution in [-0.2, 0) is 0 Å². The molecule has 0 radical (unpaired) electrons. The van der Waals surface area contributed by atoms with Gasteiger partial charge in [0.2, 0.25) is 0 Å². The first-order chi connectivity index (χ1) is 26.2. The van der Waals surface area contributed by atoms with E-state index in [1.165, 1.54) is 0 Å². The first-order valence-corrected chi connectivity index (χ1v) is 17.9. The summed E-state index contributed by atoms with van der Waals surface area (Å²) >= 11 is 0. The fourth-order valence-electron chi connectivity index (χ4n) is 7.67. The molecule has 0 aliphatic rings. The maximum absolute atomic E-state index is 12.6. The predicted octanol–water partition coefficient (Wildman–Crippen LogP) is 14.1. The number of phenolic OH excluding ortho intramolecular Hbond substituents is 1. The van der Waals surface area contributed by atoms with E-state index in [0.717, 1.165) is 88.2 Å². The third-order valence-electron chi connectivity index (χ3n) is 10.3. The lowest BCUT2D eigenvalue weighted by atomic mass is 9.94. The topological polar surface area (TPSA) is 36.6 Å². The van der Waals surface area contributed by atoms with Crippen molar-refractivity contribution in [3.8, 4) is 39.1 Å². The van der Waals surface area contributed by atoms with Gasteiger partial charge in [-0.05, 0) is 92.3 Å². The summed E-state index contributed by atoms with van der Waals surface area (Å²) in [6.07, 6.45) is 0. The van der Waals surface area contributed by atoms with Gasteiger partial charge < -0.3 is 14.4 Å². The van der Waals surface area contributed by atoms with Crippen molar-refractivity contribution in [2.75, 3.05) is 4.90 Å². The molecule has 250 valence electrons. The zero-order chi connectivity index (χ0) is 35.3. The Balaban J connectivity index is 1.25. The maximum atomic E-state index is 12.6. The van der Waals surface area contributed by atoms with Crippen LogP contribution in [0.15, 0.2) is 199 Å². The van der Waals surface area contributed by atoms with Gasteiger partial charge in [-0.1, -0.05) is 146 Å². The van der Waals surface area contributed by atoms with Gasteiger partial charge in [-0.3, -0.25) is 0 Å². The number of hydrogen-bond donors (Lipinski definition) is 1. The summed E-state index contributed by atoms with van der Waals surface area (Å²) in [6.45, 7) is 0. The highest BCUT2D eigenvalue weighted by molar-refractivity contribution is 6.10. The SMILES string of the molecule is Oc1c(-c2ccc3ccccc3c2)cc(-c2cccc3c2oc2ccccc23)cc1N(c1ccc(-c2ccccc2)cc1)c1ccc2ccccc2c1. The molecule has 0 saturated heterocycles. The van der Waals surface area contributed by atoms with E-state index < -0.39 is 0 Å². The van der Waals surface area contributed by atoms with Crippen LogP contribution < -0.4 is 4.90 Å². The summed E-state index contributed by atoms with van der Waals surface area (Å²) in [6, 6.07) is 67.3. The number of benzene rings is 9. The molecule has 1 heterocycles. The fraction of sp³-hybridized carbons (Fsp3) is 0. The molecule has 0 spiro atoms. The molecule has 0 amide bonds. The van der Waals surface area contributed by atoms with Crippen LogP contribution >= 0.6 is 0 Å². The second kappa shape index (κ2) is 12.6. The van der Waals surface area contributed by atoms with Crippen molar-refractivity contribution in [1.82, 2.24) is 0 Å². The monoisotopic (exact) mass is 679 g/mol. The van der Waals surface area contributed by atoms with Gasteiger partial charge in [0.25, 0.3) is 0 Å². The standard InChI is InChI=1S/C50H33NO2/c52-49-46(39-22-21-34-13-4-6-15-37(34)29-39)31-40(43-18-10-19-45-44-17-8-9-20-48(44)53-50(43)45)32-47(49)51(42-28-25-35-14-5-7-16-38(35)30-42)41-26-23-36(24-27-41)33-11-2-1-3-12-33/h1-32,52H. The highest BCUT2D eigenvalue weighted by atomic mass is 16.3. The molecule has 0 fully saturated rings. The van der Waals surface area contributed by atoms with Gasteiger partial charge in [-0.25, -0.2) is 0 Å². The Morgan fingerprint density at radius 2 is 0.981 bits per heavy atom. The van der Waals surface area contributed by atoms with E-state index in [0.29, 0.717) is 5.69 Å². The van der Waals surface area contributed by atoms with Crippen LogP contribution in [0.1, 0.15) is 0 Å². The molecule has 0 bridgehead atoms. The molecular weight excluding hydrogens is 647 g/mol. The molecule has 1 N–H and O–H groups in total. The third kappa shape index (κ3) is 5.38.